The number of fused-ring (bicyclic) bond motifs is 1. The van der Waals surface area contributed by atoms with Crippen LogP contribution in [0.5, 0.6) is 0 Å². The van der Waals surface area contributed by atoms with Gasteiger partial charge in [0, 0.05) is 25.4 Å². The number of aromatic nitrogens is 2. The molecule has 0 unspecified atom stereocenters. The van der Waals surface area contributed by atoms with Crippen molar-refractivity contribution in [1.82, 2.24) is 15.3 Å². The lowest BCUT2D eigenvalue weighted by Gasteiger charge is -2.37. The van der Waals surface area contributed by atoms with Gasteiger partial charge in [-0.15, -0.1) is 0 Å². The van der Waals surface area contributed by atoms with Gasteiger partial charge in [-0.3, -0.25) is 4.79 Å². The smallest absolute Gasteiger partial charge is 0.295 e. The first-order valence-electron chi connectivity index (χ1n) is 7.82. The molecule has 3 N–H and O–H groups in total. The van der Waals surface area contributed by atoms with Crippen LogP contribution >= 0.6 is 0 Å². The molecule has 1 amide bonds. The summed E-state index contributed by atoms with van der Waals surface area (Å²) in [4.78, 5) is 19.1. The maximum atomic E-state index is 12.8. The molecule has 0 bridgehead atoms. The van der Waals surface area contributed by atoms with Gasteiger partial charge in [0.15, 0.2) is 5.82 Å². The number of hydrogen-bond donors (Lipinski definition) is 3. The molecule has 2 aromatic rings. The number of rotatable bonds is 5. The molecular formula is C16H19F2N3O3. The minimum atomic E-state index is -2.73. The molecule has 6 nitrogen and oxygen atoms in total. The number of carbonyl (C=O) groups excluding carboxylic acids is 1. The number of aliphatic hydroxyl groups is 1. The Kier molecular flexibility index (Phi) is 4.77. The Hall–Kier alpha value is -2.06. The van der Waals surface area contributed by atoms with E-state index in [9.17, 15) is 18.7 Å². The van der Waals surface area contributed by atoms with Crippen molar-refractivity contribution in [3.8, 4) is 0 Å². The molecule has 1 aromatic heterocycles. The molecule has 1 aliphatic rings. The molecule has 24 heavy (non-hydrogen) atoms. The summed E-state index contributed by atoms with van der Waals surface area (Å²) < 4.78 is 31.0. The van der Waals surface area contributed by atoms with Crippen LogP contribution in [0.1, 0.15) is 41.9 Å². The van der Waals surface area contributed by atoms with Crippen LogP contribution in [0.3, 0.4) is 0 Å². The molecule has 3 rings (SSSR count). The highest BCUT2D eigenvalue weighted by Crippen LogP contribution is 2.27. The number of hydrogen-bond acceptors (Lipinski definition) is 4. The zero-order valence-corrected chi connectivity index (χ0v) is 13.0. The number of imidazole rings is 1. The first kappa shape index (κ1) is 16.8. The Balaban J connectivity index is 1.90. The van der Waals surface area contributed by atoms with E-state index in [1.54, 1.807) is 18.2 Å². The fourth-order valence-corrected chi connectivity index (χ4v) is 3.06. The van der Waals surface area contributed by atoms with Gasteiger partial charge in [0.2, 0.25) is 0 Å². The number of halogens is 2. The Morgan fingerprint density at radius 3 is 2.83 bits per heavy atom. The van der Waals surface area contributed by atoms with E-state index in [2.05, 4.69) is 15.3 Å². The van der Waals surface area contributed by atoms with E-state index in [-0.39, 0.29) is 23.6 Å². The number of nitrogens with zero attached hydrogens (tertiary/aromatic N) is 1. The summed E-state index contributed by atoms with van der Waals surface area (Å²) in [6, 6.07) is 4.77. The Labute approximate surface area is 137 Å². The van der Waals surface area contributed by atoms with Crippen molar-refractivity contribution < 1.29 is 23.4 Å². The van der Waals surface area contributed by atoms with Crippen LogP contribution in [0.2, 0.25) is 0 Å². The number of aromatic amines is 1. The molecule has 1 fully saturated rings. The summed E-state index contributed by atoms with van der Waals surface area (Å²) >= 11 is 0. The molecule has 1 saturated heterocycles. The second kappa shape index (κ2) is 6.82. The van der Waals surface area contributed by atoms with Crippen molar-refractivity contribution in [2.24, 2.45) is 0 Å². The summed E-state index contributed by atoms with van der Waals surface area (Å²) in [6.07, 6.45) is -1.12. The molecule has 2 heterocycles. The van der Waals surface area contributed by atoms with Crippen LogP contribution in [0.25, 0.3) is 11.0 Å². The molecule has 1 aromatic carbocycles. The minimum Gasteiger partial charge on any atom is -0.396 e. The van der Waals surface area contributed by atoms with Crippen LogP contribution in [0.4, 0.5) is 8.78 Å². The fourth-order valence-electron chi connectivity index (χ4n) is 3.06. The molecule has 0 aliphatic carbocycles. The van der Waals surface area contributed by atoms with Crippen molar-refractivity contribution in [2.75, 3.05) is 19.8 Å². The Morgan fingerprint density at radius 2 is 2.17 bits per heavy atom. The Bertz CT molecular complexity index is 721. The zero-order chi connectivity index (χ0) is 17.2. The van der Waals surface area contributed by atoms with Crippen molar-refractivity contribution in [3.05, 3.63) is 29.6 Å². The van der Waals surface area contributed by atoms with E-state index in [0.717, 1.165) is 0 Å². The van der Waals surface area contributed by atoms with Crippen molar-refractivity contribution >= 4 is 16.9 Å². The second-order valence-electron chi connectivity index (χ2n) is 5.94. The highest BCUT2D eigenvalue weighted by atomic mass is 19.3. The highest BCUT2D eigenvalue weighted by Gasteiger charge is 2.34. The lowest BCUT2D eigenvalue weighted by molar-refractivity contribution is 0.0267. The number of alkyl halides is 2. The molecule has 0 atom stereocenters. The molecule has 130 valence electrons. The number of amides is 1. The van der Waals surface area contributed by atoms with E-state index < -0.39 is 17.8 Å². The fraction of sp³-hybridized carbons (Fsp3) is 0.500. The molecule has 8 heteroatoms. The van der Waals surface area contributed by atoms with Crippen LogP contribution in [-0.2, 0) is 4.74 Å². The maximum absolute atomic E-state index is 12.8. The normalized spacial score (nSPS) is 17.3. The summed E-state index contributed by atoms with van der Waals surface area (Å²) in [5, 5.41) is 12.3. The second-order valence-corrected chi connectivity index (χ2v) is 5.94. The van der Waals surface area contributed by atoms with Gasteiger partial charge in [-0.1, -0.05) is 6.07 Å². The first-order valence-corrected chi connectivity index (χ1v) is 7.82. The van der Waals surface area contributed by atoms with E-state index in [4.69, 9.17) is 4.74 Å². The largest absolute Gasteiger partial charge is 0.396 e. The van der Waals surface area contributed by atoms with E-state index in [1.165, 1.54) is 0 Å². The van der Waals surface area contributed by atoms with E-state index in [1.807, 2.05) is 0 Å². The molecule has 1 aliphatic heterocycles. The topological polar surface area (TPSA) is 87.2 Å². The first-order chi connectivity index (χ1) is 11.5. The Morgan fingerprint density at radius 1 is 1.42 bits per heavy atom. The number of benzene rings is 1. The van der Waals surface area contributed by atoms with Crippen molar-refractivity contribution in [2.45, 2.75) is 31.2 Å². The average molecular weight is 339 g/mol. The van der Waals surface area contributed by atoms with Gasteiger partial charge < -0.3 is 20.1 Å². The summed E-state index contributed by atoms with van der Waals surface area (Å²) in [5.41, 5.74) is 0.297. The number of carbonyl (C=O) groups is 1. The number of ether oxygens (including phenoxy) is 1. The van der Waals surface area contributed by atoms with Crippen molar-refractivity contribution in [3.63, 3.8) is 0 Å². The average Bonchev–Trinajstić information content (AvgIpc) is 3.00. The van der Waals surface area contributed by atoms with Gasteiger partial charge in [-0.2, -0.15) is 0 Å². The van der Waals surface area contributed by atoms with Crippen LogP contribution in [0.15, 0.2) is 18.2 Å². The third-order valence-electron chi connectivity index (χ3n) is 4.40. The third kappa shape index (κ3) is 3.25. The number of nitrogens with one attached hydrogen (secondary N) is 2. The van der Waals surface area contributed by atoms with Gasteiger partial charge in [0.05, 0.1) is 11.1 Å². The van der Waals surface area contributed by atoms with Crippen LogP contribution < -0.4 is 5.32 Å². The van der Waals surface area contributed by atoms with E-state index >= 15 is 0 Å². The van der Waals surface area contributed by atoms with E-state index in [0.29, 0.717) is 38.0 Å². The van der Waals surface area contributed by atoms with Crippen LogP contribution in [0, 0.1) is 0 Å². The minimum absolute atomic E-state index is 0.0532. The summed E-state index contributed by atoms with van der Waals surface area (Å²) in [5.74, 6) is -0.843. The predicted octanol–water partition coefficient (Wildman–Crippen LogP) is 2.16. The van der Waals surface area contributed by atoms with Crippen molar-refractivity contribution in [1.29, 1.82) is 0 Å². The van der Waals surface area contributed by atoms with Crippen LogP contribution in [-0.4, -0.2) is 46.3 Å². The van der Waals surface area contributed by atoms with Gasteiger partial charge in [0.25, 0.3) is 12.3 Å². The van der Waals surface area contributed by atoms with Gasteiger partial charge in [0.1, 0.15) is 5.52 Å². The number of H-pyrrole nitrogens is 1. The summed E-state index contributed by atoms with van der Waals surface area (Å²) in [6.45, 7) is 0.952. The highest BCUT2D eigenvalue weighted by molar-refractivity contribution is 6.05. The maximum Gasteiger partial charge on any atom is 0.295 e. The monoisotopic (exact) mass is 339 g/mol. The third-order valence-corrected chi connectivity index (χ3v) is 4.40. The molecule has 0 saturated carbocycles. The van der Waals surface area contributed by atoms with Gasteiger partial charge in [-0.05, 0) is 31.4 Å². The number of aliphatic hydroxyl groups excluding tert-OH is 1. The molecule has 0 radical (unpaired) electrons. The van der Waals surface area contributed by atoms with Gasteiger partial charge >= 0.3 is 0 Å². The quantitative estimate of drug-likeness (QED) is 0.779. The van der Waals surface area contributed by atoms with Gasteiger partial charge in [-0.25, -0.2) is 13.8 Å². The molecular weight excluding hydrogens is 320 g/mol. The lowest BCUT2D eigenvalue weighted by atomic mass is 9.86. The predicted molar refractivity (Wildman–Crippen MR) is 83.0 cm³/mol. The number of para-hydroxylation sites is 1. The lowest BCUT2D eigenvalue weighted by Crippen LogP contribution is -2.52. The summed E-state index contributed by atoms with van der Waals surface area (Å²) in [7, 11) is 0. The SMILES string of the molecule is O=C(NC1(CCO)CCOCC1)c1cccc2[nH]c(C(F)F)nc12. The standard InChI is InChI=1S/C16H19F2N3O3/c17-13(18)14-19-11-3-1-2-10(12(11)20-14)15(23)21-16(4-7-22)5-8-24-9-6-16/h1-3,13,22H,4-9H2,(H,19,20)(H,21,23). The molecule has 0 spiro atoms. The zero-order valence-electron chi connectivity index (χ0n) is 13.0.